The molecule has 0 aromatic heterocycles. The van der Waals surface area contributed by atoms with Crippen LogP contribution in [0, 0.1) is 3.57 Å². The lowest BCUT2D eigenvalue weighted by atomic mass is 10.0. The van der Waals surface area contributed by atoms with Crippen molar-refractivity contribution in [1.29, 1.82) is 0 Å². The number of carbonyl (C=O) groups is 2. The van der Waals surface area contributed by atoms with Gasteiger partial charge in [0.2, 0.25) is 0 Å². The Bertz CT molecular complexity index is 1170. The SMILES string of the molecule is COc1ccc2ccc(OC)c(/C=C3\SC(=O)N(Cc4ccc(I)cc4)C3=O)c2c1. The lowest BCUT2D eigenvalue weighted by Crippen LogP contribution is -2.27. The molecule has 3 aromatic rings. The van der Waals surface area contributed by atoms with Crippen LogP contribution in [0.4, 0.5) is 4.79 Å². The van der Waals surface area contributed by atoms with E-state index in [4.69, 9.17) is 9.47 Å². The third-order valence-corrected chi connectivity index (χ3v) is 6.48. The van der Waals surface area contributed by atoms with Gasteiger partial charge in [-0.25, -0.2) is 0 Å². The number of methoxy groups -OCH3 is 2. The maximum Gasteiger partial charge on any atom is 0.293 e. The molecule has 1 aliphatic heterocycles. The monoisotopic (exact) mass is 531 g/mol. The van der Waals surface area contributed by atoms with E-state index in [1.807, 2.05) is 54.6 Å². The molecule has 5 nitrogen and oxygen atoms in total. The van der Waals surface area contributed by atoms with Crippen molar-refractivity contribution in [3.8, 4) is 11.5 Å². The van der Waals surface area contributed by atoms with E-state index in [2.05, 4.69) is 22.6 Å². The highest BCUT2D eigenvalue weighted by Gasteiger charge is 2.35. The molecular formula is C23H18INO4S. The number of rotatable bonds is 5. The van der Waals surface area contributed by atoms with Gasteiger partial charge in [0.1, 0.15) is 11.5 Å². The third-order valence-electron chi connectivity index (χ3n) is 4.85. The van der Waals surface area contributed by atoms with E-state index in [0.29, 0.717) is 16.4 Å². The zero-order chi connectivity index (χ0) is 21.3. The number of nitrogens with zero attached hydrogens (tertiary/aromatic N) is 1. The fourth-order valence-electron chi connectivity index (χ4n) is 3.30. The Balaban J connectivity index is 1.72. The molecule has 0 bridgehead atoms. The predicted molar refractivity (Wildman–Crippen MR) is 128 cm³/mol. The number of hydrogen-bond donors (Lipinski definition) is 0. The number of ether oxygens (including phenoxy) is 2. The van der Waals surface area contributed by atoms with E-state index in [1.165, 1.54) is 4.90 Å². The van der Waals surface area contributed by atoms with Crippen molar-refractivity contribution in [2.45, 2.75) is 6.54 Å². The Labute approximate surface area is 192 Å². The lowest BCUT2D eigenvalue weighted by Gasteiger charge is -2.13. The van der Waals surface area contributed by atoms with Crippen LogP contribution in [0.2, 0.25) is 0 Å². The Kier molecular flexibility index (Phi) is 6.01. The van der Waals surface area contributed by atoms with Gasteiger partial charge in [-0.05, 0) is 87.1 Å². The van der Waals surface area contributed by atoms with Crippen LogP contribution in [0.3, 0.4) is 0 Å². The van der Waals surface area contributed by atoms with Crippen LogP contribution in [0.1, 0.15) is 11.1 Å². The molecule has 0 N–H and O–H groups in total. The normalized spacial score (nSPS) is 15.3. The van der Waals surface area contributed by atoms with E-state index in [0.717, 1.165) is 37.2 Å². The second kappa shape index (κ2) is 8.69. The summed E-state index contributed by atoms with van der Waals surface area (Å²) in [5, 5.41) is 1.60. The second-order valence-corrected chi connectivity index (χ2v) is 8.90. The van der Waals surface area contributed by atoms with E-state index < -0.39 is 0 Å². The van der Waals surface area contributed by atoms with Crippen LogP contribution in [0.5, 0.6) is 11.5 Å². The highest BCUT2D eigenvalue weighted by atomic mass is 127. The molecule has 0 radical (unpaired) electrons. The molecule has 0 saturated carbocycles. The molecule has 4 rings (SSSR count). The molecule has 2 amide bonds. The number of imide groups is 1. The van der Waals surface area contributed by atoms with Gasteiger partial charge in [0, 0.05) is 9.13 Å². The minimum Gasteiger partial charge on any atom is -0.497 e. The summed E-state index contributed by atoms with van der Waals surface area (Å²) in [5.41, 5.74) is 1.65. The average Bonchev–Trinajstić information content (AvgIpc) is 3.02. The van der Waals surface area contributed by atoms with Crippen LogP contribution >= 0.6 is 34.4 Å². The standard InChI is InChI=1S/C23H18INO4S/c1-28-17-9-5-15-6-10-20(29-2)19(18(15)11-17)12-21-22(26)25(23(27)30-21)13-14-3-7-16(24)8-4-14/h3-12H,13H2,1-2H3/b21-12-. The molecule has 1 aliphatic rings. The number of amides is 2. The molecular weight excluding hydrogens is 513 g/mol. The number of hydrogen-bond acceptors (Lipinski definition) is 5. The first kappa shape index (κ1) is 20.7. The van der Waals surface area contributed by atoms with Gasteiger partial charge < -0.3 is 9.47 Å². The Morgan fingerprint density at radius 2 is 1.73 bits per heavy atom. The van der Waals surface area contributed by atoms with E-state index in [1.54, 1.807) is 20.3 Å². The van der Waals surface area contributed by atoms with Gasteiger partial charge in [0.15, 0.2) is 0 Å². The van der Waals surface area contributed by atoms with Gasteiger partial charge in [0.25, 0.3) is 11.1 Å². The second-order valence-electron chi connectivity index (χ2n) is 6.66. The largest absolute Gasteiger partial charge is 0.497 e. The van der Waals surface area contributed by atoms with Crippen LogP contribution < -0.4 is 9.47 Å². The Hall–Kier alpha value is -2.52. The number of halogens is 1. The Morgan fingerprint density at radius 3 is 2.43 bits per heavy atom. The fraction of sp³-hybridized carbons (Fsp3) is 0.130. The van der Waals surface area contributed by atoms with Crippen LogP contribution in [0.15, 0.2) is 59.5 Å². The zero-order valence-electron chi connectivity index (χ0n) is 16.3. The summed E-state index contributed by atoms with van der Waals surface area (Å²) in [4.78, 5) is 27.2. The summed E-state index contributed by atoms with van der Waals surface area (Å²) < 4.78 is 12.0. The van der Waals surface area contributed by atoms with E-state index in [9.17, 15) is 9.59 Å². The molecule has 0 unspecified atom stereocenters. The molecule has 152 valence electrons. The van der Waals surface area contributed by atoms with Crippen molar-refractivity contribution >= 4 is 62.3 Å². The summed E-state index contributed by atoms with van der Waals surface area (Å²) >= 11 is 3.17. The van der Waals surface area contributed by atoms with Crippen LogP contribution in [-0.4, -0.2) is 30.3 Å². The maximum absolute atomic E-state index is 13.0. The van der Waals surface area contributed by atoms with Crippen molar-refractivity contribution in [2.75, 3.05) is 14.2 Å². The summed E-state index contributed by atoms with van der Waals surface area (Å²) in [7, 11) is 3.19. The van der Waals surface area contributed by atoms with Gasteiger partial charge in [-0.3, -0.25) is 14.5 Å². The first-order valence-corrected chi connectivity index (χ1v) is 11.0. The van der Waals surface area contributed by atoms with Gasteiger partial charge in [-0.2, -0.15) is 0 Å². The number of fused-ring (bicyclic) bond motifs is 1. The third kappa shape index (κ3) is 4.04. The molecule has 1 heterocycles. The van der Waals surface area contributed by atoms with E-state index in [-0.39, 0.29) is 17.7 Å². The summed E-state index contributed by atoms with van der Waals surface area (Å²) in [6.07, 6.45) is 1.74. The van der Waals surface area contributed by atoms with Crippen molar-refractivity contribution in [2.24, 2.45) is 0 Å². The van der Waals surface area contributed by atoms with Crippen molar-refractivity contribution < 1.29 is 19.1 Å². The van der Waals surface area contributed by atoms with Crippen molar-refractivity contribution in [3.05, 3.63) is 74.2 Å². The van der Waals surface area contributed by atoms with Gasteiger partial charge in [-0.1, -0.05) is 24.3 Å². The zero-order valence-corrected chi connectivity index (χ0v) is 19.3. The lowest BCUT2D eigenvalue weighted by molar-refractivity contribution is -0.123. The smallest absolute Gasteiger partial charge is 0.293 e. The first-order chi connectivity index (χ1) is 14.5. The van der Waals surface area contributed by atoms with Gasteiger partial charge in [-0.15, -0.1) is 0 Å². The molecule has 0 spiro atoms. The molecule has 7 heteroatoms. The molecule has 30 heavy (non-hydrogen) atoms. The summed E-state index contributed by atoms with van der Waals surface area (Å²) in [6, 6.07) is 17.3. The molecule has 3 aromatic carbocycles. The fourth-order valence-corrected chi connectivity index (χ4v) is 4.48. The van der Waals surface area contributed by atoms with Crippen molar-refractivity contribution in [3.63, 3.8) is 0 Å². The van der Waals surface area contributed by atoms with Crippen molar-refractivity contribution in [1.82, 2.24) is 4.90 Å². The molecule has 0 aliphatic carbocycles. The Morgan fingerprint density at radius 1 is 1.00 bits per heavy atom. The molecule has 1 fully saturated rings. The topological polar surface area (TPSA) is 55.8 Å². The highest BCUT2D eigenvalue weighted by molar-refractivity contribution is 14.1. The van der Waals surface area contributed by atoms with Gasteiger partial charge in [0.05, 0.1) is 25.7 Å². The first-order valence-electron chi connectivity index (χ1n) is 9.14. The maximum atomic E-state index is 13.0. The summed E-state index contributed by atoms with van der Waals surface area (Å²) in [6.45, 7) is 0.249. The molecule has 1 saturated heterocycles. The minimum atomic E-state index is -0.300. The predicted octanol–water partition coefficient (Wildman–Crippen LogP) is 5.70. The van der Waals surface area contributed by atoms with E-state index >= 15 is 0 Å². The quantitative estimate of drug-likeness (QED) is 0.313. The number of thioether (sulfide) groups is 1. The highest BCUT2D eigenvalue weighted by Crippen LogP contribution is 2.38. The summed E-state index contributed by atoms with van der Waals surface area (Å²) in [5.74, 6) is 1.03. The number of benzene rings is 3. The minimum absolute atomic E-state index is 0.249. The molecule has 0 atom stereocenters. The average molecular weight is 531 g/mol. The van der Waals surface area contributed by atoms with Crippen LogP contribution in [-0.2, 0) is 11.3 Å². The van der Waals surface area contributed by atoms with Crippen LogP contribution in [0.25, 0.3) is 16.8 Å². The van der Waals surface area contributed by atoms with Gasteiger partial charge >= 0.3 is 0 Å². The number of carbonyl (C=O) groups excluding carboxylic acids is 2.